The number of rotatable bonds is 5. The summed E-state index contributed by atoms with van der Waals surface area (Å²) in [6.45, 7) is 0. The number of aromatic hydroxyl groups is 1. The number of amides is 1. The van der Waals surface area contributed by atoms with Gasteiger partial charge in [0.05, 0.1) is 23.4 Å². The van der Waals surface area contributed by atoms with Gasteiger partial charge in [0.1, 0.15) is 5.56 Å². The summed E-state index contributed by atoms with van der Waals surface area (Å²) in [6.07, 6.45) is 0. The number of nitrogens with one attached hydrogen (secondary N) is 1. The molecule has 2 aromatic carbocycles. The quantitative estimate of drug-likeness (QED) is 0.376. The summed E-state index contributed by atoms with van der Waals surface area (Å²) >= 11 is 1.48. The van der Waals surface area contributed by atoms with Crippen molar-refractivity contribution in [1.82, 2.24) is 14.8 Å². The molecule has 0 radical (unpaired) electrons. The van der Waals surface area contributed by atoms with Crippen LogP contribution in [0.3, 0.4) is 0 Å². The first-order valence-corrected chi connectivity index (χ1v) is 9.74. The van der Waals surface area contributed by atoms with Gasteiger partial charge in [-0.25, -0.2) is 14.5 Å². The van der Waals surface area contributed by atoms with Crippen LogP contribution in [-0.4, -0.2) is 38.9 Å². The van der Waals surface area contributed by atoms with Crippen molar-refractivity contribution in [3.8, 4) is 22.1 Å². The van der Waals surface area contributed by atoms with Crippen LogP contribution >= 0.6 is 11.3 Å². The largest absolute Gasteiger partial charge is 0.505 e. The number of phenolic OH excluding ortho intramolecular Hbond substituents is 1. The van der Waals surface area contributed by atoms with E-state index in [4.69, 9.17) is 0 Å². The number of ether oxygens (including phenoxy) is 1. The number of carbonyl (C=O) groups excluding carboxylic acids is 2. The molecule has 4 rings (SSSR count). The number of benzene rings is 2. The third-order valence-electron chi connectivity index (χ3n) is 4.24. The highest BCUT2D eigenvalue weighted by Crippen LogP contribution is 2.29. The molecule has 2 aromatic heterocycles. The Kier molecular flexibility index (Phi) is 5.27. The minimum atomic E-state index is -0.713. The zero-order chi connectivity index (χ0) is 21.1. The number of nitrogens with zero attached hydrogens (tertiary/aromatic N) is 3. The van der Waals surface area contributed by atoms with E-state index in [1.807, 2.05) is 47.8 Å². The van der Waals surface area contributed by atoms with Gasteiger partial charge in [-0.15, -0.1) is 16.4 Å². The molecule has 0 atom stereocenters. The minimum Gasteiger partial charge on any atom is -0.505 e. The molecule has 0 aliphatic rings. The van der Waals surface area contributed by atoms with E-state index in [9.17, 15) is 14.7 Å². The van der Waals surface area contributed by atoms with Crippen molar-refractivity contribution in [2.75, 3.05) is 12.4 Å². The molecule has 0 spiro atoms. The minimum absolute atomic E-state index is 0.0524. The zero-order valence-corrected chi connectivity index (χ0v) is 16.6. The molecule has 2 heterocycles. The smallest absolute Gasteiger partial charge is 0.341 e. The maximum atomic E-state index is 12.8. The number of hydrogen-bond donors (Lipinski definition) is 2. The van der Waals surface area contributed by atoms with E-state index >= 15 is 0 Å². The molecule has 150 valence electrons. The van der Waals surface area contributed by atoms with Gasteiger partial charge in [-0.1, -0.05) is 30.3 Å². The average molecular weight is 420 g/mol. The molecule has 0 saturated heterocycles. The summed E-state index contributed by atoms with van der Waals surface area (Å²) in [5.74, 6) is -1.28. The second kappa shape index (κ2) is 8.18. The number of hydrogen-bond acceptors (Lipinski definition) is 7. The maximum absolute atomic E-state index is 12.8. The van der Waals surface area contributed by atoms with E-state index in [2.05, 4.69) is 20.1 Å². The van der Waals surface area contributed by atoms with Crippen LogP contribution in [-0.2, 0) is 4.74 Å². The molecule has 8 nitrogen and oxygen atoms in total. The number of esters is 1. The van der Waals surface area contributed by atoms with Crippen LogP contribution in [0.1, 0.15) is 21.0 Å². The van der Waals surface area contributed by atoms with Crippen molar-refractivity contribution in [3.63, 3.8) is 0 Å². The lowest BCUT2D eigenvalue weighted by Crippen LogP contribution is -2.15. The summed E-state index contributed by atoms with van der Waals surface area (Å²) in [5.41, 5.74) is 0.747. The Labute approximate surface area is 175 Å². The first kappa shape index (κ1) is 19.3. The summed E-state index contributed by atoms with van der Waals surface area (Å²) in [6, 6.07) is 17.5. The fourth-order valence-electron chi connectivity index (χ4n) is 2.82. The van der Waals surface area contributed by atoms with Gasteiger partial charge in [-0.3, -0.25) is 4.79 Å². The second-order valence-electron chi connectivity index (χ2n) is 6.13. The van der Waals surface area contributed by atoms with Crippen LogP contribution in [0.25, 0.3) is 16.4 Å². The molecule has 1 amide bonds. The van der Waals surface area contributed by atoms with E-state index in [1.165, 1.54) is 36.6 Å². The van der Waals surface area contributed by atoms with Crippen molar-refractivity contribution >= 4 is 28.9 Å². The second-order valence-corrected chi connectivity index (χ2v) is 7.08. The number of aromatic nitrogens is 3. The molecule has 30 heavy (non-hydrogen) atoms. The number of para-hydroxylation sites is 2. The fourth-order valence-corrected chi connectivity index (χ4v) is 3.52. The SMILES string of the molecule is COC(=O)c1cccc(NC(=O)c2nc(-c3cccs3)n(-c3ccccc3)n2)c1O. The molecule has 0 fully saturated rings. The maximum Gasteiger partial charge on any atom is 0.341 e. The number of phenols is 1. The highest BCUT2D eigenvalue weighted by Gasteiger charge is 2.22. The van der Waals surface area contributed by atoms with Gasteiger partial charge in [0.15, 0.2) is 11.6 Å². The molecule has 0 saturated carbocycles. The van der Waals surface area contributed by atoms with E-state index in [-0.39, 0.29) is 17.1 Å². The van der Waals surface area contributed by atoms with Gasteiger partial charge in [-0.05, 0) is 35.7 Å². The summed E-state index contributed by atoms with van der Waals surface area (Å²) in [4.78, 5) is 29.8. The number of methoxy groups -OCH3 is 1. The van der Waals surface area contributed by atoms with E-state index < -0.39 is 17.6 Å². The van der Waals surface area contributed by atoms with Crippen LogP contribution in [0.5, 0.6) is 5.75 Å². The standard InChI is InChI=1S/C21H16N4O4S/c1-29-21(28)14-9-5-10-15(17(14)26)22-20(27)18-23-19(16-11-6-12-30-16)25(24-18)13-7-3-2-4-8-13/h2-12,26H,1H3,(H,22,27). The molecule has 0 unspecified atom stereocenters. The van der Waals surface area contributed by atoms with Gasteiger partial charge in [0.25, 0.3) is 5.91 Å². The van der Waals surface area contributed by atoms with E-state index in [0.29, 0.717) is 5.82 Å². The van der Waals surface area contributed by atoms with Crippen molar-refractivity contribution in [2.45, 2.75) is 0 Å². The Morgan fingerprint density at radius 2 is 1.87 bits per heavy atom. The molecule has 4 aromatic rings. The van der Waals surface area contributed by atoms with Crippen molar-refractivity contribution in [1.29, 1.82) is 0 Å². The van der Waals surface area contributed by atoms with Gasteiger partial charge in [0, 0.05) is 0 Å². The predicted octanol–water partition coefficient (Wildman–Crippen LogP) is 3.74. The molecular formula is C21H16N4O4S. The Hall–Kier alpha value is -3.98. The molecule has 9 heteroatoms. The fraction of sp³-hybridized carbons (Fsp3) is 0.0476. The Morgan fingerprint density at radius 3 is 2.57 bits per heavy atom. The lowest BCUT2D eigenvalue weighted by atomic mass is 10.1. The average Bonchev–Trinajstić information content (AvgIpc) is 3.45. The monoisotopic (exact) mass is 420 g/mol. The first-order chi connectivity index (χ1) is 14.6. The first-order valence-electron chi connectivity index (χ1n) is 8.86. The van der Waals surface area contributed by atoms with Gasteiger partial charge in [0.2, 0.25) is 5.82 Å². The lowest BCUT2D eigenvalue weighted by Gasteiger charge is -2.08. The predicted molar refractivity (Wildman–Crippen MR) is 112 cm³/mol. The number of anilines is 1. The molecule has 2 N–H and O–H groups in total. The Bertz CT molecular complexity index is 1200. The van der Waals surface area contributed by atoms with E-state index in [1.54, 1.807) is 4.68 Å². The van der Waals surface area contributed by atoms with Gasteiger partial charge in [-0.2, -0.15) is 0 Å². The molecule has 0 aliphatic heterocycles. The van der Waals surface area contributed by atoms with Gasteiger partial charge < -0.3 is 15.2 Å². The van der Waals surface area contributed by atoms with Crippen LogP contribution in [0, 0.1) is 0 Å². The molecular weight excluding hydrogens is 404 g/mol. The molecule has 0 bridgehead atoms. The third-order valence-corrected chi connectivity index (χ3v) is 5.11. The van der Waals surface area contributed by atoms with Crippen LogP contribution in [0.4, 0.5) is 5.69 Å². The topological polar surface area (TPSA) is 106 Å². The molecule has 0 aliphatic carbocycles. The van der Waals surface area contributed by atoms with Crippen LogP contribution in [0.2, 0.25) is 0 Å². The highest BCUT2D eigenvalue weighted by molar-refractivity contribution is 7.13. The highest BCUT2D eigenvalue weighted by atomic mass is 32.1. The summed E-state index contributed by atoms with van der Waals surface area (Å²) in [5, 5.41) is 19.1. The Morgan fingerprint density at radius 1 is 1.07 bits per heavy atom. The Balaban J connectivity index is 1.70. The van der Waals surface area contributed by atoms with E-state index in [0.717, 1.165) is 10.6 Å². The summed E-state index contributed by atoms with van der Waals surface area (Å²) < 4.78 is 6.22. The normalized spacial score (nSPS) is 10.6. The van der Waals surface area contributed by atoms with Crippen molar-refractivity contribution in [3.05, 3.63) is 77.4 Å². The lowest BCUT2D eigenvalue weighted by molar-refractivity contribution is 0.0597. The van der Waals surface area contributed by atoms with Crippen LogP contribution < -0.4 is 5.32 Å². The number of carbonyl (C=O) groups is 2. The number of thiophene rings is 1. The van der Waals surface area contributed by atoms with Gasteiger partial charge >= 0.3 is 5.97 Å². The van der Waals surface area contributed by atoms with Crippen molar-refractivity contribution < 1.29 is 19.4 Å². The zero-order valence-electron chi connectivity index (χ0n) is 15.8. The third kappa shape index (κ3) is 3.65. The van der Waals surface area contributed by atoms with Crippen molar-refractivity contribution in [2.24, 2.45) is 0 Å². The van der Waals surface area contributed by atoms with Crippen LogP contribution in [0.15, 0.2) is 66.0 Å². The summed E-state index contributed by atoms with van der Waals surface area (Å²) in [7, 11) is 1.21.